The molecule has 1 spiro atoms. The predicted molar refractivity (Wildman–Crippen MR) is 224 cm³/mol. The largest absolute Gasteiger partial charge is 0.456 e. The second-order valence-electron chi connectivity index (χ2n) is 15.1. The summed E-state index contributed by atoms with van der Waals surface area (Å²) in [5.41, 5.74) is 15.1. The fourth-order valence-electron chi connectivity index (χ4n) is 9.23. The van der Waals surface area contributed by atoms with Crippen LogP contribution < -0.4 is 0 Å². The molecule has 55 heavy (non-hydrogen) atoms. The minimum absolute atomic E-state index is 0.164. The van der Waals surface area contributed by atoms with Crippen molar-refractivity contribution in [2.45, 2.75) is 37.5 Å². The molecule has 2 aromatic heterocycles. The van der Waals surface area contributed by atoms with E-state index >= 15 is 0 Å². The summed E-state index contributed by atoms with van der Waals surface area (Å²) in [7, 11) is 0. The Morgan fingerprint density at radius 3 is 1.55 bits per heavy atom. The maximum atomic E-state index is 6.63. The van der Waals surface area contributed by atoms with Crippen molar-refractivity contribution in [3.05, 3.63) is 175 Å². The average molecular weight is 708 g/mol. The van der Waals surface area contributed by atoms with Crippen LogP contribution in [-0.4, -0.2) is 15.0 Å². The molecule has 0 bridgehead atoms. The first-order valence-electron chi connectivity index (χ1n) is 19.4. The molecule has 0 saturated heterocycles. The maximum absolute atomic E-state index is 6.63. The zero-order chi connectivity index (χ0) is 36.3. The molecular weight excluding hydrogens is 671 g/mol. The number of rotatable bonds is 5. The van der Waals surface area contributed by atoms with E-state index in [1.807, 2.05) is 36.4 Å². The maximum Gasteiger partial charge on any atom is 0.164 e. The number of aromatic nitrogens is 3. The Labute approximate surface area is 320 Å². The number of furan rings is 1. The Morgan fingerprint density at radius 1 is 0.364 bits per heavy atom. The van der Waals surface area contributed by atoms with Gasteiger partial charge in [0.15, 0.2) is 17.5 Å². The van der Waals surface area contributed by atoms with E-state index in [1.54, 1.807) is 0 Å². The average Bonchev–Trinajstić information content (AvgIpc) is 3.76. The van der Waals surface area contributed by atoms with Crippen molar-refractivity contribution in [1.82, 2.24) is 15.0 Å². The lowest BCUT2D eigenvalue weighted by Crippen LogP contribution is -2.27. The Hall–Kier alpha value is -6.65. The first-order chi connectivity index (χ1) is 27.2. The smallest absolute Gasteiger partial charge is 0.164 e. The SMILES string of the molecule is c1ccc(-c2ccc(-c3nc(-c4ccccc4)nc(-c4ccc5c(c4)oc4cc(-c6ccc7c(c6)-c6ccccc6C76CCCCC6)ccc45)n3)cc2)cc1. The van der Waals surface area contributed by atoms with Crippen molar-refractivity contribution in [1.29, 1.82) is 0 Å². The summed E-state index contributed by atoms with van der Waals surface area (Å²) < 4.78 is 6.63. The molecular formula is C51H37N3O. The Bertz CT molecular complexity index is 2890. The second kappa shape index (κ2) is 12.7. The van der Waals surface area contributed by atoms with Gasteiger partial charge < -0.3 is 4.42 Å². The quantitative estimate of drug-likeness (QED) is 0.179. The highest BCUT2D eigenvalue weighted by molar-refractivity contribution is 6.07. The standard InChI is InChI=1S/C51H37N3O/c1-4-12-33(13-5-1)34-18-20-36(21-19-34)49-52-48(35-14-6-2-7-15-35)53-50(54-49)39-23-26-42-41-25-22-38(31-46(41)55-47(42)32-39)37-24-27-45-43(30-37)40-16-8-9-17-44(40)51(45)28-10-3-11-29-51/h1-2,4-9,12-27,30-32H,3,10-11,28-29H2. The van der Waals surface area contributed by atoms with Gasteiger partial charge in [0.1, 0.15) is 11.2 Å². The molecule has 9 aromatic rings. The van der Waals surface area contributed by atoms with Crippen LogP contribution in [0.2, 0.25) is 0 Å². The highest BCUT2D eigenvalue weighted by Gasteiger charge is 2.43. The molecule has 4 nitrogen and oxygen atoms in total. The van der Waals surface area contributed by atoms with Crippen molar-refractivity contribution >= 4 is 21.9 Å². The van der Waals surface area contributed by atoms with Crippen LogP contribution >= 0.6 is 0 Å². The molecule has 1 saturated carbocycles. The van der Waals surface area contributed by atoms with Crippen LogP contribution in [0.3, 0.4) is 0 Å². The fourth-order valence-corrected chi connectivity index (χ4v) is 9.23. The van der Waals surface area contributed by atoms with Crippen LogP contribution in [0.25, 0.3) is 89.5 Å². The molecule has 0 atom stereocenters. The normalized spacial score (nSPS) is 14.3. The molecule has 2 heterocycles. The van der Waals surface area contributed by atoms with Crippen LogP contribution in [-0.2, 0) is 5.41 Å². The monoisotopic (exact) mass is 707 g/mol. The predicted octanol–water partition coefficient (Wildman–Crippen LogP) is 13.3. The third-order valence-corrected chi connectivity index (χ3v) is 12.0. The Morgan fingerprint density at radius 2 is 0.836 bits per heavy atom. The summed E-state index contributed by atoms with van der Waals surface area (Å²) in [6.07, 6.45) is 6.41. The highest BCUT2D eigenvalue weighted by Crippen LogP contribution is 2.56. The number of fused-ring (bicyclic) bond motifs is 8. The highest BCUT2D eigenvalue weighted by atomic mass is 16.3. The van der Waals surface area contributed by atoms with Gasteiger partial charge in [0.05, 0.1) is 0 Å². The number of hydrogen-bond acceptors (Lipinski definition) is 4. The van der Waals surface area contributed by atoms with Gasteiger partial charge in [-0.05, 0) is 87.7 Å². The van der Waals surface area contributed by atoms with Gasteiger partial charge >= 0.3 is 0 Å². The molecule has 0 radical (unpaired) electrons. The van der Waals surface area contributed by atoms with Crippen LogP contribution in [0.15, 0.2) is 168 Å². The third-order valence-electron chi connectivity index (χ3n) is 12.0. The van der Waals surface area contributed by atoms with Crippen molar-refractivity contribution in [3.63, 3.8) is 0 Å². The van der Waals surface area contributed by atoms with Gasteiger partial charge in [-0.1, -0.05) is 153 Å². The molecule has 11 rings (SSSR count). The van der Waals surface area contributed by atoms with Gasteiger partial charge in [0.25, 0.3) is 0 Å². The molecule has 0 aliphatic heterocycles. The Balaban J connectivity index is 0.971. The van der Waals surface area contributed by atoms with Crippen molar-refractivity contribution in [3.8, 4) is 67.5 Å². The van der Waals surface area contributed by atoms with Gasteiger partial charge in [-0.3, -0.25) is 0 Å². The fraction of sp³-hybridized carbons (Fsp3) is 0.118. The van der Waals surface area contributed by atoms with Gasteiger partial charge in [0, 0.05) is 32.9 Å². The van der Waals surface area contributed by atoms with E-state index in [9.17, 15) is 0 Å². The third kappa shape index (κ3) is 5.32. The first-order valence-corrected chi connectivity index (χ1v) is 19.4. The van der Waals surface area contributed by atoms with Crippen LogP contribution in [0.5, 0.6) is 0 Å². The molecule has 7 aromatic carbocycles. The minimum atomic E-state index is 0.164. The van der Waals surface area contributed by atoms with Crippen molar-refractivity contribution in [2.24, 2.45) is 0 Å². The molecule has 1 fully saturated rings. The van der Waals surface area contributed by atoms with Crippen molar-refractivity contribution in [2.75, 3.05) is 0 Å². The summed E-state index contributed by atoms with van der Waals surface area (Å²) in [6.45, 7) is 0. The lowest BCUT2D eigenvalue weighted by molar-refractivity contribution is 0.353. The van der Waals surface area contributed by atoms with E-state index in [0.717, 1.165) is 49.8 Å². The molecule has 2 aliphatic rings. The molecule has 0 N–H and O–H groups in total. The van der Waals surface area contributed by atoms with E-state index in [2.05, 4.69) is 127 Å². The molecule has 2 aliphatic carbocycles. The van der Waals surface area contributed by atoms with E-state index in [-0.39, 0.29) is 5.41 Å². The van der Waals surface area contributed by atoms with E-state index in [0.29, 0.717) is 17.5 Å². The minimum Gasteiger partial charge on any atom is -0.456 e. The second-order valence-corrected chi connectivity index (χ2v) is 15.1. The zero-order valence-corrected chi connectivity index (χ0v) is 30.4. The lowest BCUT2D eigenvalue weighted by atomic mass is 9.68. The van der Waals surface area contributed by atoms with Crippen LogP contribution in [0.1, 0.15) is 43.2 Å². The summed E-state index contributed by atoms with van der Waals surface area (Å²) in [5.74, 6) is 1.87. The molecule has 262 valence electrons. The van der Waals surface area contributed by atoms with Gasteiger partial charge in [-0.25, -0.2) is 15.0 Å². The topological polar surface area (TPSA) is 51.8 Å². The van der Waals surface area contributed by atoms with Crippen LogP contribution in [0, 0.1) is 0 Å². The van der Waals surface area contributed by atoms with E-state index in [1.165, 1.54) is 65.5 Å². The van der Waals surface area contributed by atoms with Crippen LogP contribution in [0.4, 0.5) is 0 Å². The molecule has 0 unspecified atom stereocenters. The van der Waals surface area contributed by atoms with Crippen molar-refractivity contribution < 1.29 is 4.42 Å². The summed E-state index contributed by atoms with van der Waals surface area (Å²) in [4.78, 5) is 15.0. The Kier molecular flexibility index (Phi) is 7.38. The van der Waals surface area contributed by atoms with E-state index < -0.39 is 0 Å². The first kappa shape index (κ1) is 31.8. The number of nitrogens with zero attached hydrogens (tertiary/aromatic N) is 3. The summed E-state index contributed by atoms with van der Waals surface area (Å²) in [6, 6.07) is 58.1. The number of hydrogen-bond donors (Lipinski definition) is 0. The summed E-state index contributed by atoms with van der Waals surface area (Å²) in [5, 5.41) is 2.17. The lowest BCUT2D eigenvalue weighted by Gasteiger charge is -2.36. The van der Waals surface area contributed by atoms with E-state index in [4.69, 9.17) is 19.4 Å². The van der Waals surface area contributed by atoms with Gasteiger partial charge in [0.2, 0.25) is 0 Å². The molecule has 4 heteroatoms. The summed E-state index contributed by atoms with van der Waals surface area (Å²) >= 11 is 0. The van der Waals surface area contributed by atoms with Gasteiger partial charge in [-0.2, -0.15) is 0 Å². The molecule has 0 amide bonds. The van der Waals surface area contributed by atoms with Gasteiger partial charge in [-0.15, -0.1) is 0 Å². The number of benzene rings is 7. The zero-order valence-electron chi connectivity index (χ0n) is 30.4.